The van der Waals surface area contributed by atoms with Crippen LogP contribution in [0.3, 0.4) is 0 Å². The second kappa shape index (κ2) is 4.19. The van der Waals surface area contributed by atoms with Gasteiger partial charge in [-0.05, 0) is 23.9 Å². The largest absolute Gasteiger partial charge is 0.393 e. The highest BCUT2D eigenvalue weighted by Gasteiger charge is 2.19. The van der Waals surface area contributed by atoms with E-state index in [1.807, 2.05) is 0 Å². The van der Waals surface area contributed by atoms with E-state index in [2.05, 4.69) is 15.2 Å². The Bertz CT molecular complexity index is 513. The van der Waals surface area contributed by atoms with Crippen LogP contribution in [0.25, 0.3) is 0 Å². The molecule has 0 spiro atoms. The maximum Gasteiger partial charge on any atom is 0.306 e. The van der Waals surface area contributed by atoms with Gasteiger partial charge in [0, 0.05) is 0 Å². The van der Waals surface area contributed by atoms with Gasteiger partial charge < -0.3 is 5.73 Å². The third kappa shape index (κ3) is 1.96. The lowest BCUT2D eigenvalue weighted by Gasteiger charge is -2.02. The molecule has 0 atom stereocenters. The number of nitrogens with two attached hydrogens (primary N) is 1. The highest BCUT2D eigenvalue weighted by Crippen LogP contribution is 2.36. The van der Waals surface area contributed by atoms with Crippen molar-refractivity contribution in [3.63, 3.8) is 0 Å². The van der Waals surface area contributed by atoms with Crippen molar-refractivity contribution in [3.8, 4) is 0 Å². The Labute approximate surface area is 94.2 Å². The molecule has 2 aromatic rings. The van der Waals surface area contributed by atoms with E-state index in [0.717, 1.165) is 11.8 Å². The predicted octanol–water partition coefficient (Wildman–Crippen LogP) is 1.45. The molecule has 0 amide bonds. The normalized spacial score (nSPS) is 10.2. The zero-order valence-electron chi connectivity index (χ0n) is 7.95. The Morgan fingerprint density at radius 1 is 1.50 bits per heavy atom. The van der Waals surface area contributed by atoms with Crippen molar-refractivity contribution in [2.24, 2.45) is 0 Å². The molecule has 1 aromatic carbocycles. The van der Waals surface area contributed by atoms with E-state index in [0.29, 0.717) is 10.1 Å². The molecule has 0 aliphatic heterocycles. The van der Waals surface area contributed by atoms with Crippen LogP contribution in [0.1, 0.15) is 0 Å². The summed E-state index contributed by atoms with van der Waals surface area (Å²) in [5, 5.41) is 17.6. The maximum absolute atomic E-state index is 10.8. The van der Waals surface area contributed by atoms with Crippen molar-refractivity contribution in [1.82, 2.24) is 15.2 Å². The smallest absolute Gasteiger partial charge is 0.306 e. The average molecular weight is 237 g/mol. The standard InChI is InChI=1S/C8H7N5O2S/c9-5-2-1-3-6(7(5)13(14)15)16-8-10-4-11-12-8/h1-4H,9H2,(H,10,11,12). The maximum atomic E-state index is 10.8. The van der Waals surface area contributed by atoms with Crippen molar-refractivity contribution in [1.29, 1.82) is 0 Å². The van der Waals surface area contributed by atoms with E-state index >= 15 is 0 Å². The molecule has 7 nitrogen and oxygen atoms in total. The number of nitro benzene ring substituents is 1. The summed E-state index contributed by atoms with van der Waals surface area (Å²) >= 11 is 1.11. The van der Waals surface area contributed by atoms with E-state index in [9.17, 15) is 10.1 Å². The van der Waals surface area contributed by atoms with E-state index in [4.69, 9.17) is 5.73 Å². The van der Waals surface area contributed by atoms with Gasteiger partial charge in [0.1, 0.15) is 12.0 Å². The molecular formula is C8H7N5O2S. The molecular weight excluding hydrogens is 230 g/mol. The molecule has 82 valence electrons. The minimum absolute atomic E-state index is 0.107. The van der Waals surface area contributed by atoms with Gasteiger partial charge in [-0.25, -0.2) is 4.98 Å². The summed E-state index contributed by atoms with van der Waals surface area (Å²) in [5.74, 6) is 0. The third-order valence-corrected chi connectivity index (χ3v) is 2.75. The SMILES string of the molecule is Nc1cccc(Sc2ncn[nH]2)c1[N+](=O)[O-]. The number of aromatic amines is 1. The van der Waals surface area contributed by atoms with Crippen LogP contribution in [-0.4, -0.2) is 20.1 Å². The van der Waals surface area contributed by atoms with Gasteiger partial charge in [0.15, 0.2) is 5.16 Å². The van der Waals surface area contributed by atoms with Gasteiger partial charge in [-0.2, -0.15) is 5.10 Å². The van der Waals surface area contributed by atoms with Crippen LogP contribution in [-0.2, 0) is 0 Å². The molecule has 0 bridgehead atoms. The minimum Gasteiger partial charge on any atom is -0.393 e. The molecule has 3 N–H and O–H groups in total. The third-order valence-electron chi connectivity index (χ3n) is 1.81. The number of aromatic nitrogens is 3. The first-order valence-corrected chi connectivity index (χ1v) is 5.06. The minimum atomic E-state index is -0.506. The first kappa shape index (κ1) is 10.4. The molecule has 0 aliphatic carbocycles. The van der Waals surface area contributed by atoms with Gasteiger partial charge in [-0.15, -0.1) is 0 Å². The number of nitro groups is 1. The second-order valence-electron chi connectivity index (χ2n) is 2.84. The van der Waals surface area contributed by atoms with Crippen molar-refractivity contribution in [2.45, 2.75) is 10.1 Å². The summed E-state index contributed by atoms with van der Waals surface area (Å²) in [6.07, 6.45) is 1.33. The summed E-state index contributed by atoms with van der Waals surface area (Å²) in [6.45, 7) is 0. The fourth-order valence-corrected chi connectivity index (χ4v) is 2.01. The number of hydrogen-bond acceptors (Lipinski definition) is 6. The number of para-hydroxylation sites is 1. The van der Waals surface area contributed by atoms with Crippen LogP contribution in [0, 0.1) is 10.1 Å². The quantitative estimate of drug-likeness (QED) is 0.474. The van der Waals surface area contributed by atoms with Crippen molar-refractivity contribution in [2.75, 3.05) is 5.73 Å². The van der Waals surface area contributed by atoms with Gasteiger partial charge in [-0.3, -0.25) is 15.2 Å². The molecule has 0 saturated carbocycles. The lowest BCUT2D eigenvalue weighted by atomic mass is 10.3. The summed E-state index contributed by atoms with van der Waals surface area (Å²) in [5.41, 5.74) is 5.58. The number of benzene rings is 1. The fraction of sp³-hybridized carbons (Fsp3) is 0. The zero-order chi connectivity index (χ0) is 11.5. The van der Waals surface area contributed by atoms with Crippen LogP contribution < -0.4 is 5.73 Å². The van der Waals surface area contributed by atoms with E-state index in [1.54, 1.807) is 12.1 Å². The van der Waals surface area contributed by atoms with Gasteiger partial charge >= 0.3 is 5.69 Å². The van der Waals surface area contributed by atoms with Crippen LogP contribution in [0.2, 0.25) is 0 Å². The number of nitrogens with one attached hydrogen (secondary N) is 1. The Hall–Kier alpha value is -2.09. The summed E-state index contributed by atoms with van der Waals surface area (Å²) in [6, 6.07) is 4.76. The Morgan fingerprint density at radius 3 is 2.94 bits per heavy atom. The van der Waals surface area contributed by atoms with E-state index in [-0.39, 0.29) is 11.4 Å². The number of anilines is 1. The van der Waals surface area contributed by atoms with E-state index < -0.39 is 4.92 Å². The van der Waals surface area contributed by atoms with Gasteiger partial charge in [-0.1, -0.05) is 6.07 Å². The molecule has 0 aliphatic rings. The monoisotopic (exact) mass is 237 g/mol. The van der Waals surface area contributed by atoms with Crippen molar-refractivity contribution < 1.29 is 4.92 Å². The fourth-order valence-electron chi connectivity index (χ4n) is 1.16. The lowest BCUT2D eigenvalue weighted by Crippen LogP contribution is -1.97. The summed E-state index contributed by atoms with van der Waals surface area (Å²) < 4.78 is 0. The number of hydrogen-bond donors (Lipinski definition) is 2. The lowest BCUT2D eigenvalue weighted by molar-refractivity contribution is -0.386. The first-order valence-electron chi connectivity index (χ1n) is 4.24. The Balaban J connectivity index is 2.40. The number of H-pyrrole nitrogens is 1. The molecule has 0 unspecified atom stereocenters. The van der Waals surface area contributed by atoms with Crippen LogP contribution in [0.15, 0.2) is 34.6 Å². The number of nitrogens with zero attached hydrogens (tertiary/aromatic N) is 3. The molecule has 0 radical (unpaired) electrons. The van der Waals surface area contributed by atoms with Gasteiger partial charge in [0.2, 0.25) is 0 Å². The highest BCUT2D eigenvalue weighted by molar-refractivity contribution is 7.99. The van der Waals surface area contributed by atoms with Crippen LogP contribution >= 0.6 is 11.8 Å². The first-order chi connectivity index (χ1) is 7.68. The van der Waals surface area contributed by atoms with Crippen molar-refractivity contribution >= 4 is 23.1 Å². The van der Waals surface area contributed by atoms with Crippen LogP contribution in [0.4, 0.5) is 11.4 Å². The van der Waals surface area contributed by atoms with Gasteiger partial charge in [0.25, 0.3) is 0 Å². The zero-order valence-corrected chi connectivity index (χ0v) is 8.77. The molecule has 1 aromatic heterocycles. The van der Waals surface area contributed by atoms with Gasteiger partial charge in [0.05, 0.1) is 9.82 Å². The predicted molar refractivity (Wildman–Crippen MR) is 58.0 cm³/mol. The Morgan fingerprint density at radius 2 is 2.31 bits per heavy atom. The summed E-state index contributed by atoms with van der Waals surface area (Å²) in [7, 11) is 0. The highest BCUT2D eigenvalue weighted by atomic mass is 32.2. The molecule has 1 heterocycles. The summed E-state index contributed by atoms with van der Waals surface area (Å²) in [4.78, 5) is 14.6. The molecule has 2 rings (SSSR count). The molecule has 8 heteroatoms. The van der Waals surface area contributed by atoms with E-state index in [1.165, 1.54) is 12.4 Å². The molecule has 0 fully saturated rings. The second-order valence-corrected chi connectivity index (χ2v) is 3.87. The van der Waals surface area contributed by atoms with Crippen molar-refractivity contribution in [3.05, 3.63) is 34.6 Å². The topological polar surface area (TPSA) is 111 Å². The molecule has 16 heavy (non-hydrogen) atoms. The average Bonchev–Trinajstić information content (AvgIpc) is 2.70. The number of rotatable bonds is 3. The van der Waals surface area contributed by atoms with Crippen LogP contribution in [0.5, 0.6) is 0 Å². The Kier molecular flexibility index (Phi) is 2.73. The number of nitrogen functional groups attached to an aromatic ring is 1. The molecule has 0 saturated heterocycles.